The molecule has 2 aromatic rings. The summed E-state index contributed by atoms with van der Waals surface area (Å²) in [5.41, 5.74) is 2.61. The van der Waals surface area contributed by atoms with Gasteiger partial charge < -0.3 is 5.43 Å². The van der Waals surface area contributed by atoms with Crippen molar-refractivity contribution in [2.75, 3.05) is 5.43 Å². The first-order valence-electron chi connectivity index (χ1n) is 4.46. The lowest BCUT2D eigenvalue weighted by Gasteiger charge is -2.07. The highest BCUT2D eigenvalue weighted by Gasteiger charge is 2.15. The summed E-state index contributed by atoms with van der Waals surface area (Å²) in [6.07, 6.45) is 0. The average Bonchev–Trinajstić information content (AvgIpc) is 2.26. The Morgan fingerprint density at radius 1 is 1.19 bits per heavy atom. The summed E-state index contributed by atoms with van der Waals surface area (Å²) < 4.78 is 39.3. The second-order valence-corrected chi connectivity index (χ2v) is 3.36. The van der Waals surface area contributed by atoms with Crippen LogP contribution in [0.1, 0.15) is 5.56 Å². The van der Waals surface area contributed by atoms with Gasteiger partial charge in [0.25, 0.3) is 0 Å². The van der Waals surface area contributed by atoms with Crippen molar-refractivity contribution in [1.29, 1.82) is 0 Å². The number of rotatable bonds is 1. The number of nitrogens with zero attached hydrogens (tertiary/aromatic N) is 1. The number of nitrogen functional groups attached to an aromatic ring is 1. The van der Waals surface area contributed by atoms with E-state index in [1.165, 1.54) is 6.07 Å². The fourth-order valence-corrected chi connectivity index (χ4v) is 1.48. The van der Waals surface area contributed by atoms with E-state index >= 15 is 0 Å². The van der Waals surface area contributed by atoms with Gasteiger partial charge in [0.15, 0.2) is 17.5 Å². The van der Waals surface area contributed by atoms with Crippen LogP contribution in [0.15, 0.2) is 12.1 Å². The SMILES string of the molecule is Cc1cc2cc(F)c(F)c(F)c2nc1NN. The summed E-state index contributed by atoms with van der Waals surface area (Å²) >= 11 is 0. The summed E-state index contributed by atoms with van der Waals surface area (Å²) in [6, 6.07) is 2.37. The third kappa shape index (κ3) is 1.47. The topological polar surface area (TPSA) is 50.9 Å². The van der Waals surface area contributed by atoms with E-state index in [0.717, 1.165) is 6.07 Å². The molecule has 0 amide bonds. The summed E-state index contributed by atoms with van der Waals surface area (Å²) in [5, 5.41) is 0.188. The zero-order valence-corrected chi connectivity index (χ0v) is 8.31. The molecule has 1 heterocycles. The zero-order chi connectivity index (χ0) is 11.9. The number of aromatic nitrogens is 1. The first-order valence-corrected chi connectivity index (χ1v) is 4.46. The Morgan fingerprint density at radius 2 is 1.88 bits per heavy atom. The molecule has 0 spiro atoms. The third-order valence-corrected chi connectivity index (χ3v) is 2.27. The number of benzene rings is 1. The maximum Gasteiger partial charge on any atom is 0.196 e. The molecule has 3 nitrogen and oxygen atoms in total. The van der Waals surface area contributed by atoms with Crippen LogP contribution >= 0.6 is 0 Å². The molecular formula is C10H8F3N3. The molecule has 3 N–H and O–H groups in total. The maximum atomic E-state index is 13.4. The molecule has 16 heavy (non-hydrogen) atoms. The lowest BCUT2D eigenvalue weighted by Crippen LogP contribution is -2.10. The van der Waals surface area contributed by atoms with E-state index in [1.54, 1.807) is 6.92 Å². The van der Waals surface area contributed by atoms with E-state index in [4.69, 9.17) is 5.84 Å². The van der Waals surface area contributed by atoms with Gasteiger partial charge in [-0.25, -0.2) is 24.0 Å². The summed E-state index contributed by atoms with van der Waals surface area (Å²) in [4.78, 5) is 3.78. The predicted octanol–water partition coefficient (Wildman–Crippen LogP) is 2.25. The van der Waals surface area contributed by atoms with Crippen LogP contribution in [-0.4, -0.2) is 4.98 Å². The van der Waals surface area contributed by atoms with Gasteiger partial charge in [0.2, 0.25) is 0 Å². The maximum absolute atomic E-state index is 13.4. The lowest BCUT2D eigenvalue weighted by atomic mass is 10.1. The quantitative estimate of drug-likeness (QED) is 0.446. The van der Waals surface area contributed by atoms with Crippen LogP contribution in [0.3, 0.4) is 0 Å². The molecule has 0 bridgehead atoms. The number of aryl methyl sites for hydroxylation is 1. The lowest BCUT2D eigenvalue weighted by molar-refractivity contribution is 0.452. The molecule has 0 aliphatic rings. The van der Waals surface area contributed by atoms with Gasteiger partial charge in [-0.3, -0.25) is 0 Å². The Labute approximate surface area is 89.1 Å². The molecule has 0 aliphatic heterocycles. The molecule has 0 aliphatic carbocycles. The highest BCUT2D eigenvalue weighted by Crippen LogP contribution is 2.24. The van der Waals surface area contributed by atoms with Gasteiger partial charge in [-0.15, -0.1) is 0 Å². The molecule has 0 radical (unpaired) electrons. The molecule has 0 unspecified atom stereocenters. The fraction of sp³-hybridized carbons (Fsp3) is 0.100. The van der Waals surface area contributed by atoms with Crippen LogP contribution in [0.5, 0.6) is 0 Å². The van der Waals surface area contributed by atoms with Gasteiger partial charge >= 0.3 is 0 Å². The minimum atomic E-state index is -1.54. The molecule has 6 heteroatoms. The van der Waals surface area contributed by atoms with Crippen LogP contribution in [0, 0.1) is 24.4 Å². The highest BCUT2D eigenvalue weighted by molar-refractivity contribution is 5.82. The van der Waals surface area contributed by atoms with Crippen LogP contribution < -0.4 is 11.3 Å². The number of pyridine rings is 1. The number of halogens is 3. The summed E-state index contributed by atoms with van der Waals surface area (Å²) in [6.45, 7) is 1.67. The number of hydrogen-bond donors (Lipinski definition) is 2. The monoisotopic (exact) mass is 227 g/mol. The van der Waals surface area contributed by atoms with Crippen molar-refractivity contribution in [2.24, 2.45) is 5.84 Å². The van der Waals surface area contributed by atoms with E-state index in [-0.39, 0.29) is 16.7 Å². The molecule has 1 aromatic heterocycles. The molecule has 84 valence electrons. The van der Waals surface area contributed by atoms with Gasteiger partial charge in [0.1, 0.15) is 11.3 Å². The average molecular weight is 227 g/mol. The van der Waals surface area contributed by atoms with Crippen molar-refractivity contribution in [2.45, 2.75) is 6.92 Å². The summed E-state index contributed by atoms with van der Waals surface area (Å²) in [5.74, 6) is 1.29. The number of hydrazine groups is 1. The van der Waals surface area contributed by atoms with Crippen LogP contribution in [0.4, 0.5) is 19.0 Å². The van der Waals surface area contributed by atoms with Crippen LogP contribution in [-0.2, 0) is 0 Å². The van der Waals surface area contributed by atoms with E-state index in [0.29, 0.717) is 5.56 Å². The Hall–Kier alpha value is -1.82. The van der Waals surface area contributed by atoms with Crippen LogP contribution in [0.2, 0.25) is 0 Å². The minimum absolute atomic E-state index is 0.188. The first kappa shape index (κ1) is 10.7. The van der Waals surface area contributed by atoms with E-state index < -0.39 is 17.5 Å². The molecular weight excluding hydrogens is 219 g/mol. The van der Waals surface area contributed by atoms with Gasteiger partial charge in [0.05, 0.1) is 0 Å². The molecule has 0 saturated carbocycles. The predicted molar refractivity (Wildman–Crippen MR) is 54.2 cm³/mol. The largest absolute Gasteiger partial charge is 0.308 e. The number of hydrogen-bond acceptors (Lipinski definition) is 3. The summed E-state index contributed by atoms with van der Waals surface area (Å²) in [7, 11) is 0. The molecule has 0 saturated heterocycles. The number of nitrogens with two attached hydrogens (primary N) is 1. The van der Waals surface area contributed by atoms with Crippen molar-refractivity contribution in [3.8, 4) is 0 Å². The second kappa shape index (κ2) is 3.64. The zero-order valence-electron chi connectivity index (χ0n) is 8.31. The standard InChI is InChI=1S/C10H8F3N3/c1-4-2-5-3-6(11)7(12)8(13)9(5)15-10(4)16-14/h2-3H,14H2,1H3,(H,15,16). The van der Waals surface area contributed by atoms with Crippen molar-refractivity contribution in [3.63, 3.8) is 0 Å². The normalized spacial score (nSPS) is 10.8. The highest BCUT2D eigenvalue weighted by atomic mass is 19.2. The van der Waals surface area contributed by atoms with Gasteiger partial charge in [-0.1, -0.05) is 0 Å². The van der Waals surface area contributed by atoms with E-state index in [1.807, 2.05) is 0 Å². The fourth-order valence-electron chi connectivity index (χ4n) is 1.48. The Balaban J connectivity index is 2.86. The van der Waals surface area contributed by atoms with E-state index in [2.05, 4.69) is 10.4 Å². The Kier molecular flexibility index (Phi) is 2.43. The first-order chi connectivity index (χ1) is 7.54. The van der Waals surface area contributed by atoms with Crippen molar-refractivity contribution in [3.05, 3.63) is 35.1 Å². The smallest absolute Gasteiger partial charge is 0.196 e. The molecule has 0 fully saturated rings. The molecule has 0 atom stereocenters. The molecule has 2 rings (SSSR count). The Bertz CT molecular complexity index is 569. The second-order valence-electron chi connectivity index (χ2n) is 3.36. The van der Waals surface area contributed by atoms with Crippen molar-refractivity contribution >= 4 is 16.7 Å². The van der Waals surface area contributed by atoms with Crippen LogP contribution in [0.25, 0.3) is 10.9 Å². The third-order valence-electron chi connectivity index (χ3n) is 2.27. The minimum Gasteiger partial charge on any atom is -0.308 e. The van der Waals surface area contributed by atoms with Gasteiger partial charge in [0, 0.05) is 5.39 Å². The number of fused-ring (bicyclic) bond motifs is 1. The van der Waals surface area contributed by atoms with Gasteiger partial charge in [-0.2, -0.15) is 0 Å². The van der Waals surface area contributed by atoms with E-state index in [9.17, 15) is 13.2 Å². The molecule has 1 aromatic carbocycles. The Morgan fingerprint density at radius 3 is 2.50 bits per heavy atom. The van der Waals surface area contributed by atoms with Crippen molar-refractivity contribution in [1.82, 2.24) is 4.98 Å². The van der Waals surface area contributed by atoms with Crippen molar-refractivity contribution < 1.29 is 13.2 Å². The number of anilines is 1. The van der Waals surface area contributed by atoms with Gasteiger partial charge in [-0.05, 0) is 24.6 Å². The number of nitrogens with one attached hydrogen (secondary N) is 1.